The maximum absolute atomic E-state index is 10.2. The Morgan fingerprint density at radius 2 is 2.00 bits per heavy atom. The topological polar surface area (TPSA) is 38.0 Å². The van der Waals surface area contributed by atoms with Gasteiger partial charge in [0.1, 0.15) is 6.10 Å². The minimum atomic E-state index is -0.645. The van der Waals surface area contributed by atoms with Gasteiger partial charge in [-0.1, -0.05) is 30.3 Å². The smallest absolute Gasteiger partial charge is 0.122 e. The van der Waals surface area contributed by atoms with Crippen molar-refractivity contribution in [2.24, 2.45) is 7.05 Å². The van der Waals surface area contributed by atoms with Crippen LogP contribution in [0.5, 0.6) is 0 Å². The lowest BCUT2D eigenvalue weighted by molar-refractivity contribution is 0.209. The summed E-state index contributed by atoms with van der Waals surface area (Å²) in [5, 5.41) is 14.2. The van der Waals surface area contributed by atoms with E-state index in [1.807, 2.05) is 37.4 Å². The van der Waals surface area contributed by atoms with Gasteiger partial charge >= 0.3 is 0 Å². The van der Waals surface area contributed by atoms with E-state index in [4.69, 9.17) is 0 Å². The van der Waals surface area contributed by atoms with Crippen molar-refractivity contribution in [3.8, 4) is 0 Å². The largest absolute Gasteiger partial charge is 0.382 e. The molecule has 0 aliphatic carbocycles. The minimum absolute atomic E-state index is 0.645. The third-order valence-corrected chi connectivity index (χ3v) is 2.92. The van der Waals surface area contributed by atoms with Crippen LogP contribution in [-0.4, -0.2) is 14.9 Å². The summed E-state index contributed by atoms with van der Waals surface area (Å²) >= 11 is 3.37. The summed E-state index contributed by atoms with van der Waals surface area (Å²) in [5.74, 6) is 0. The van der Waals surface area contributed by atoms with Crippen LogP contribution < -0.4 is 0 Å². The van der Waals surface area contributed by atoms with Gasteiger partial charge in [0.25, 0.3) is 0 Å². The van der Waals surface area contributed by atoms with Crippen molar-refractivity contribution in [2.75, 3.05) is 0 Å². The van der Waals surface area contributed by atoms with Gasteiger partial charge in [-0.05, 0) is 21.5 Å². The van der Waals surface area contributed by atoms with Gasteiger partial charge in [0.15, 0.2) is 0 Å². The summed E-state index contributed by atoms with van der Waals surface area (Å²) in [5.41, 5.74) is 1.63. The van der Waals surface area contributed by atoms with Gasteiger partial charge in [0.05, 0.1) is 16.4 Å². The molecule has 1 atom stereocenters. The molecule has 1 aromatic carbocycles. The van der Waals surface area contributed by atoms with E-state index in [-0.39, 0.29) is 0 Å². The Kier molecular flexibility index (Phi) is 2.88. The molecule has 1 N–H and O–H groups in total. The Labute approximate surface area is 96.5 Å². The molecule has 0 amide bonds. The molecule has 0 spiro atoms. The van der Waals surface area contributed by atoms with Crippen LogP contribution in [0.4, 0.5) is 0 Å². The van der Waals surface area contributed by atoms with Crippen LogP contribution in [0.2, 0.25) is 0 Å². The van der Waals surface area contributed by atoms with Crippen LogP contribution in [0.3, 0.4) is 0 Å². The summed E-state index contributed by atoms with van der Waals surface area (Å²) in [6.45, 7) is 0. The number of benzene rings is 1. The van der Waals surface area contributed by atoms with Gasteiger partial charge in [-0.15, -0.1) is 0 Å². The first kappa shape index (κ1) is 10.4. The molecule has 0 saturated heterocycles. The van der Waals surface area contributed by atoms with Crippen molar-refractivity contribution in [3.63, 3.8) is 0 Å². The molecule has 15 heavy (non-hydrogen) atoms. The van der Waals surface area contributed by atoms with Crippen molar-refractivity contribution >= 4 is 15.9 Å². The van der Waals surface area contributed by atoms with E-state index in [1.54, 1.807) is 10.9 Å². The zero-order valence-electron chi connectivity index (χ0n) is 8.26. The highest BCUT2D eigenvalue weighted by Gasteiger charge is 2.17. The maximum Gasteiger partial charge on any atom is 0.122 e. The van der Waals surface area contributed by atoms with E-state index in [0.717, 1.165) is 15.7 Å². The highest BCUT2D eigenvalue weighted by atomic mass is 79.9. The molecule has 0 aliphatic heterocycles. The lowest BCUT2D eigenvalue weighted by atomic mass is 10.1. The van der Waals surface area contributed by atoms with Gasteiger partial charge in [0.2, 0.25) is 0 Å². The molecular formula is C11H11BrN2O. The molecule has 0 bridgehead atoms. The SMILES string of the molecule is Cn1ncc(Br)c1C(O)c1ccccc1. The van der Waals surface area contributed by atoms with E-state index in [0.29, 0.717) is 0 Å². The van der Waals surface area contributed by atoms with Gasteiger partial charge in [-0.3, -0.25) is 4.68 Å². The van der Waals surface area contributed by atoms with E-state index < -0.39 is 6.10 Å². The molecule has 0 saturated carbocycles. The molecule has 1 unspecified atom stereocenters. The Morgan fingerprint density at radius 3 is 2.53 bits per heavy atom. The summed E-state index contributed by atoms with van der Waals surface area (Å²) in [7, 11) is 1.81. The number of hydrogen-bond donors (Lipinski definition) is 1. The zero-order valence-corrected chi connectivity index (χ0v) is 9.85. The fourth-order valence-electron chi connectivity index (χ4n) is 1.52. The van der Waals surface area contributed by atoms with E-state index in [9.17, 15) is 5.11 Å². The summed E-state index contributed by atoms with van der Waals surface area (Å²) in [6.07, 6.45) is 1.04. The molecule has 0 fully saturated rings. The van der Waals surface area contributed by atoms with Gasteiger partial charge in [-0.2, -0.15) is 5.10 Å². The number of aromatic nitrogens is 2. The minimum Gasteiger partial charge on any atom is -0.382 e. The lowest BCUT2D eigenvalue weighted by Gasteiger charge is -2.11. The van der Waals surface area contributed by atoms with Crippen molar-refractivity contribution in [3.05, 3.63) is 52.3 Å². The highest BCUT2D eigenvalue weighted by Crippen LogP contribution is 2.27. The fourth-order valence-corrected chi connectivity index (χ4v) is 2.09. The first-order chi connectivity index (χ1) is 7.20. The number of aliphatic hydroxyl groups excluding tert-OH is 1. The number of aliphatic hydroxyl groups is 1. The van der Waals surface area contributed by atoms with Crippen LogP contribution in [0.1, 0.15) is 17.4 Å². The average Bonchev–Trinajstić information content (AvgIpc) is 2.59. The Hall–Kier alpha value is -1.13. The first-order valence-corrected chi connectivity index (χ1v) is 5.40. The summed E-state index contributed by atoms with van der Waals surface area (Å²) < 4.78 is 2.49. The number of nitrogens with zero attached hydrogens (tertiary/aromatic N) is 2. The summed E-state index contributed by atoms with van der Waals surface area (Å²) in [4.78, 5) is 0. The van der Waals surface area contributed by atoms with Crippen molar-refractivity contribution in [1.82, 2.24) is 9.78 Å². The molecule has 2 aromatic rings. The molecule has 78 valence electrons. The Morgan fingerprint density at radius 1 is 1.33 bits per heavy atom. The fraction of sp³-hybridized carbons (Fsp3) is 0.182. The average molecular weight is 267 g/mol. The quantitative estimate of drug-likeness (QED) is 0.906. The number of hydrogen-bond acceptors (Lipinski definition) is 2. The predicted molar refractivity (Wildman–Crippen MR) is 61.4 cm³/mol. The standard InChI is InChI=1S/C11H11BrN2O/c1-14-10(9(12)7-13-14)11(15)8-5-3-2-4-6-8/h2-7,11,15H,1H3. The Balaban J connectivity index is 2.41. The second-order valence-electron chi connectivity index (χ2n) is 3.31. The van der Waals surface area contributed by atoms with Gasteiger partial charge < -0.3 is 5.11 Å². The molecule has 2 rings (SSSR count). The predicted octanol–water partition coefficient (Wildman–Crippen LogP) is 2.26. The molecule has 4 heteroatoms. The zero-order chi connectivity index (χ0) is 10.8. The monoisotopic (exact) mass is 266 g/mol. The third kappa shape index (κ3) is 1.96. The number of aryl methyl sites for hydroxylation is 1. The molecule has 1 aromatic heterocycles. The maximum atomic E-state index is 10.2. The van der Waals surface area contributed by atoms with Crippen molar-refractivity contribution < 1.29 is 5.11 Å². The van der Waals surface area contributed by atoms with E-state index in [2.05, 4.69) is 21.0 Å². The second-order valence-corrected chi connectivity index (χ2v) is 4.17. The van der Waals surface area contributed by atoms with Crippen LogP contribution in [0, 0.1) is 0 Å². The molecule has 3 nitrogen and oxygen atoms in total. The number of halogens is 1. The lowest BCUT2D eigenvalue weighted by Crippen LogP contribution is -2.07. The second kappa shape index (κ2) is 4.16. The third-order valence-electron chi connectivity index (χ3n) is 2.31. The molecule has 1 heterocycles. The van der Waals surface area contributed by atoms with Gasteiger partial charge in [-0.25, -0.2) is 0 Å². The van der Waals surface area contributed by atoms with Gasteiger partial charge in [0, 0.05) is 7.05 Å². The Bertz CT molecular complexity index is 433. The summed E-state index contributed by atoms with van der Waals surface area (Å²) in [6, 6.07) is 9.52. The van der Waals surface area contributed by atoms with Crippen LogP contribution >= 0.6 is 15.9 Å². The van der Waals surface area contributed by atoms with Crippen LogP contribution in [0.25, 0.3) is 0 Å². The van der Waals surface area contributed by atoms with E-state index in [1.165, 1.54) is 0 Å². The molecule has 0 radical (unpaired) electrons. The first-order valence-electron chi connectivity index (χ1n) is 4.60. The highest BCUT2D eigenvalue weighted by molar-refractivity contribution is 9.10. The van der Waals surface area contributed by atoms with Crippen molar-refractivity contribution in [1.29, 1.82) is 0 Å². The van der Waals surface area contributed by atoms with Crippen LogP contribution in [-0.2, 0) is 7.05 Å². The molecule has 0 aliphatic rings. The van der Waals surface area contributed by atoms with Crippen LogP contribution in [0.15, 0.2) is 41.0 Å². The van der Waals surface area contributed by atoms with Crippen molar-refractivity contribution in [2.45, 2.75) is 6.10 Å². The number of rotatable bonds is 2. The molecular weight excluding hydrogens is 256 g/mol. The van der Waals surface area contributed by atoms with E-state index >= 15 is 0 Å². The normalized spacial score (nSPS) is 12.7.